The first kappa shape index (κ1) is 12.8. The SMILES string of the molecule is CC1(C(F)(F)F)C=CC(CCC(=O)O)=CC1. The van der Waals surface area contributed by atoms with Crippen LogP contribution >= 0.6 is 0 Å². The molecule has 0 aromatic heterocycles. The number of aliphatic carboxylic acids is 1. The fourth-order valence-electron chi connectivity index (χ4n) is 1.42. The summed E-state index contributed by atoms with van der Waals surface area (Å²) in [5.74, 6) is -0.946. The molecule has 0 heterocycles. The summed E-state index contributed by atoms with van der Waals surface area (Å²) in [7, 11) is 0. The summed E-state index contributed by atoms with van der Waals surface area (Å²) >= 11 is 0. The summed E-state index contributed by atoms with van der Waals surface area (Å²) in [5.41, 5.74) is -1.16. The van der Waals surface area contributed by atoms with Gasteiger partial charge in [-0.25, -0.2) is 0 Å². The first-order chi connectivity index (χ1) is 7.24. The molecule has 90 valence electrons. The van der Waals surface area contributed by atoms with Crippen molar-refractivity contribution in [1.29, 1.82) is 0 Å². The first-order valence-electron chi connectivity index (χ1n) is 4.91. The third kappa shape index (κ3) is 2.87. The van der Waals surface area contributed by atoms with Gasteiger partial charge in [0.05, 0.1) is 5.41 Å². The zero-order valence-electron chi connectivity index (χ0n) is 8.84. The predicted molar refractivity (Wildman–Crippen MR) is 52.9 cm³/mol. The van der Waals surface area contributed by atoms with E-state index in [1.54, 1.807) is 0 Å². The maximum absolute atomic E-state index is 12.6. The van der Waals surface area contributed by atoms with Crippen LogP contribution in [-0.2, 0) is 4.79 Å². The van der Waals surface area contributed by atoms with Crippen molar-refractivity contribution in [2.45, 2.75) is 32.4 Å². The van der Waals surface area contributed by atoms with Gasteiger partial charge >= 0.3 is 12.1 Å². The summed E-state index contributed by atoms with van der Waals surface area (Å²) < 4.78 is 37.8. The maximum Gasteiger partial charge on any atom is 0.397 e. The predicted octanol–water partition coefficient (Wildman–Crippen LogP) is 3.31. The molecule has 1 N–H and O–H groups in total. The number of carboxylic acid groups (broad SMARTS) is 1. The Labute approximate surface area is 91.5 Å². The number of hydrogen-bond acceptors (Lipinski definition) is 1. The van der Waals surface area contributed by atoms with Gasteiger partial charge in [0.15, 0.2) is 0 Å². The maximum atomic E-state index is 12.6. The summed E-state index contributed by atoms with van der Waals surface area (Å²) in [6.45, 7) is 1.13. The van der Waals surface area contributed by atoms with Crippen LogP contribution in [0.15, 0.2) is 23.8 Å². The lowest BCUT2D eigenvalue weighted by Gasteiger charge is -2.30. The molecule has 0 aromatic rings. The topological polar surface area (TPSA) is 37.3 Å². The van der Waals surface area contributed by atoms with Gasteiger partial charge in [0, 0.05) is 6.42 Å². The number of allylic oxidation sites excluding steroid dienone is 4. The second kappa shape index (κ2) is 4.31. The Kier molecular flexibility index (Phi) is 3.45. The molecule has 0 radical (unpaired) electrons. The van der Waals surface area contributed by atoms with Gasteiger partial charge in [-0.15, -0.1) is 0 Å². The van der Waals surface area contributed by atoms with Gasteiger partial charge in [0.2, 0.25) is 0 Å². The molecule has 1 aliphatic rings. The Morgan fingerprint density at radius 2 is 2.19 bits per heavy atom. The van der Waals surface area contributed by atoms with Gasteiger partial charge in [-0.3, -0.25) is 4.79 Å². The van der Waals surface area contributed by atoms with Crippen molar-refractivity contribution < 1.29 is 23.1 Å². The molecule has 16 heavy (non-hydrogen) atoms. The largest absolute Gasteiger partial charge is 0.481 e. The van der Waals surface area contributed by atoms with Crippen LogP contribution in [0.2, 0.25) is 0 Å². The Bertz CT molecular complexity index is 342. The van der Waals surface area contributed by atoms with Crippen LogP contribution in [0.3, 0.4) is 0 Å². The molecule has 1 unspecified atom stereocenters. The highest BCUT2D eigenvalue weighted by atomic mass is 19.4. The Balaban J connectivity index is 2.63. The number of carboxylic acids is 1. The zero-order valence-corrected chi connectivity index (χ0v) is 8.84. The van der Waals surface area contributed by atoms with Crippen LogP contribution in [0, 0.1) is 5.41 Å². The van der Waals surface area contributed by atoms with E-state index in [1.807, 2.05) is 0 Å². The van der Waals surface area contributed by atoms with Crippen LogP contribution < -0.4 is 0 Å². The molecule has 1 aliphatic carbocycles. The van der Waals surface area contributed by atoms with E-state index in [1.165, 1.54) is 12.2 Å². The summed E-state index contributed by atoms with van der Waals surface area (Å²) in [5, 5.41) is 8.44. The molecule has 0 saturated heterocycles. The van der Waals surface area contributed by atoms with Crippen molar-refractivity contribution in [2.75, 3.05) is 0 Å². The standard InChI is InChI=1S/C11H13F3O2/c1-10(11(12,13)14)6-4-8(5-7-10)2-3-9(15)16/h4-6H,2-3,7H2,1H3,(H,15,16). The van der Waals surface area contributed by atoms with Crippen LogP contribution in [0.25, 0.3) is 0 Å². The lowest BCUT2D eigenvalue weighted by atomic mass is 9.80. The van der Waals surface area contributed by atoms with Crippen molar-refractivity contribution in [2.24, 2.45) is 5.41 Å². The molecule has 0 bridgehead atoms. The van der Waals surface area contributed by atoms with Gasteiger partial charge in [-0.05, 0) is 19.8 Å². The van der Waals surface area contributed by atoms with Crippen molar-refractivity contribution in [3.63, 3.8) is 0 Å². The second-order valence-corrected chi connectivity index (χ2v) is 4.13. The number of halogens is 3. The minimum atomic E-state index is -4.27. The van der Waals surface area contributed by atoms with Crippen LogP contribution in [0.1, 0.15) is 26.2 Å². The van der Waals surface area contributed by atoms with Gasteiger partial charge in [-0.2, -0.15) is 13.2 Å². The normalized spacial score (nSPS) is 25.4. The molecular weight excluding hydrogens is 221 g/mol. The fourth-order valence-corrected chi connectivity index (χ4v) is 1.42. The molecular formula is C11H13F3O2. The zero-order chi connectivity index (χ0) is 12.4. The Hall–Kier alpha value is -1.26. The first-order valence-corrected chi connectivity index (χ1v) is 4.91. The van der Waals surface area contributed by atoms with Crippen LogP contribution in [0.5, 0.6) is 0 Å². The molecule has 5 heteroatoms. The number of rotatable bonds is 3. The molecule has 1 atom stereocenters. The monoisotopic (exact) mass is 234 g/mol. The Morgan fingerprint density at radius 1 is 1.56 bits per heavy atom. The van der Waals surface area contributed by atoms with Crippen LogP contribution in [-0.4, -0.2) is 17.3 Å². The minimum Gasteiger partial charge on any atom is -0.481 e. The molecule has 1 rings (SSSR count). The molecule has 2 nitrogen and oxygen atoms in total. The van der Waals surface area contributed by atoms with Crippen molar-refractivity contribution in [3.8, 4) is 0 Å². The van der Waals surface area contributed by atoms with E-state index in [9.17, 15) is 18.0 Å². The molecule has 0 amide bonds. The third-order valence-corrected chi connectivity index (χ3v) is 2.73. The molecule has 0 spiro atoms. The smallest absolute Gasteiger partial charge is 0.397 e. The molecule has 0 aliphatic heterocycles. The lowest BCUT2D eigenvalue weighted by Crippen LogP contribution is -2.33. The highest BCUT2D eigenvalue weighted by Crippen LogP contribution is 2.44. The average molecular weight is 234 g/mol. The van der Waals surface area contributed by atoms with Gasteiger partial charge in [0.25, 0.3) is 0 Å². The molecule has 0 fully saturated rings. The Morgan fingerprint density at radius 3 is 2.56 bits per heavy atom. The van der Waals surface area contributed by atoms with E-state index >= 15 is 0 Å². The summed E-state index contributed by atoms with van der Waals surface area (Å²) in [6, 6.07) is 0. The van der Waals surface area contributed by atoms with Crippen LogP contribution in [0.4, 0.5) is 13.2 Å². The average Bonchev–Trinajstić information content (AvgIpc) is 2.15. The molecule has 0 aromatic carbocycles. The number of hydrogen-bond donors (Lipinski definition) is 1. The summed E-state index contributed by atoms with van der Waals surface area (Å²) in [6.07, 6.45) is -0.209. The van der Waals surface area contributed by atoms with E-state index < -0.39 is 17.6 Å². The second-order valence-electron chi connectivity index (χ2n) is 4.13. The minimum absolute atomic E-state index is 0.0566. The van der Waals surface area contributed by atoms with E-state index in [0.29, 0.717) is 5.57 Å². The highest BCUT2D eigenvalue weighted by Gasteiger charge is 2.48. The van der Waals surface area contributed by atoms with Crippen molar-refractivity contribution in [3.05, 3.63) is 23.8 Å². The van der Waals surface area contributed by atoms with Gasteiger partial charge < -0.3 is 5.11 Å². The highest BCUT2D eigenvalue weighted by molar-refractivity contribution is 5.67. The quantitative estimate of drug-likeness (QED) is 0.813. The fraction of sp³-hybridized carbons (Fsp3) is 0.545. The lowest BCUT2D eigenvalue weighted by molar-refractivity contribution is -0.199. The van der Waals surface area contributed by atoms with Crippen molar-refractivity contribution in [1.82, 2.24) is 0 Å². The van der Waals surface area contributed by atoms with Gasteiger partial charge in [0.1, 0.15) is 0 Å². The van der Waals surface area contributed by atoms with E-state index in [2.05, 4.69) is 0 Å². The number of alkyl halides is 3. The van der Waals surface area contributed by atoms with Crippen molar-refractivity contribution >= 4 is 5.97 Å². The summed E-state index contributed by atoms with van der Waals surface area (Å²) in [4.78, 5) is 10.3. The molecule has 0 saturated carbocycles. The van der Waals surface area contributed by atoms with E-state index in [0.717, 1.165) is 13.0 Å². The third-order valence-electron chi connectivity index (χ3n) is 2.73. The van der Waals surface area contributed by atoms with E-state index in [-0.39, 0.29) is 19.3 Å². The van der Waals surface area contributed by atoms with Gasteiger partial charge in [-0.1, -0.05) is 23.8 Å². The van der Waals surface area contributed by atoms with E-state index in [4.69, 9.17) is 5.11 Å². The number of carbonyl (C=O) groups is 1.